The quantitative estimate of drug-likeness (QED) is 0.272. The molecule has 1 saturated heterocycles. The summed E-state index contributed by atoms with van der Waals surface area (Å²) in [5.41, 5.74) is 0.750. The van der Waals surface area contributed by atoms with Crippen LogP contribution in [0, 0.1) is 0 Å². The fourth-order valence-corrected chi connectivity index (χ4v) is 3.03. The summed E-state index contributed by atoms with van der Waals surface area (Å²) in [5, 5.41) is 10.0. The van der Waals surface area contributed by atoms with Gasteiger partial charge in [0.05, 0.1) is 12.7 Å². The van der Waals surface area contributed by atoms with Crippen molar-refractivity contribution in [1.29, 1.82) is 0 Å². The predicted octanol–water partition coefficient (Wildman–Crippen LogP) is 3.20. The van der Waals surface area contributed by atoms with Gasteiger partial charge in [0.25, 0.3) is 0 Å². The van der Waals surface area contributed by atoms with Crippen LogP contribution in [0.2, 0.25) is 5.02 Å². The van der Waals surface area contributed by atoms with Crippen molar-refractivity contribution in [3.8, 4) is 0 Å². The third-order valence-electron chi connectivity index (χ3n) is 4.39. The zero-order valence-electron chi connectivity index (χ0n) is 17.2. The number of amides is 1. The Bertz CT molecular complexity index is 619. The molecule has 0 aliphatic carbocycles. The van der Waals surface area contributed by atoms with Crippen LogP contribution in [0.3, 0.4) is 0 Å². The average molecular weight is 425 g/mol. The van der Waals surface area contributed by atoms with Gasteiger partial charge < -0.3 is 25.4 Å². The largest absolute Gasteiger partial charge is 0.379 e. The molecule has 1 amide bonds. The highest BCUT2D eigenvalue weighted by Crippen LogP contribution is 2.14. The lowest BCUT2D eigenvalue weighted by Gasteiger charge is -2.12. The molecular formula is C21H33ClN4O3. The topological polar surface area (TPSA) is 84.0 Å². The first-order valence-corrected chi connectivity index (χ1v) is 10.8. The third kappa shape index (κ3) is 10.5. The van der Waals surface area contributed by atoms with E-state index >= 15 is 0 Å². The van der Waals surface area contributed by atoms with Crippen molar-refractivity contribution in [2.75, 3.05) is 44.8 Å². The molecule has 0 bridgehead atoms. The lowest BCUT2D eigenvalue weighted by atomic mass is 10.2. The van der Waals surface area contributed by atoms with Crippen LogP contribution in [0.5, 0.6) is 0 Å². The van der Waals surface area contributed by atoms with Crippen LogP contribution >= 0.6 is 11.6 Å². The van der Waals surface area contributed by atoms with Gasteiger partial charge in [0.1, 0.15) is 0 Å². The summed E-state index contributed by atoms with van der Waals surface area (Å²) in [4.78, 5) is 16.5. The zero-order valence-corrected chi connectivity index (χ0v) is 18.0. The highest BCUT2D eigenvalue weighted by atomic mass is 35.5. The van der Waals surface area contributed by atoms with E-state index in [0.29, 0.717) is 37.6 Å². The molecule has 29 heavy (non-hydrogen) atoms. The second kappa shape index (κ2) is 14.2. The fourth-order valence-electron chi connectivity index (χ4n) is 2.90. The number of halogens is 1. The average Bonchev–Trinajstić information content (AvgIpc) is 3.23. The number of nitrogens with one attached hydrogen (secondary N) is 3. The molecule has 1 heterocycles. The molecule has 0 radical (unpaired) electrons. The van der Waals surface area contributed by atoms with Crippen LogP contribution in [0.4, 0.5) is 5.69 Å². The van der Waals surface area contributed by atoms with Crippen molar-refractivity contribution in [3.63, 3.8) is 0 Å². The van der Waals surface area contributed by atoms with Crippen LogP contribution in [0.25, 0.3) is 0 Å². The normalized spacial score (nSPS) is 16.6. The molecule has 1 aliphatic heterocycles. The van der Waals surface area contributed by atoms with Gasteiger partial charge in [0, 0.05) is 50.0 Å². The number of anilines is 1. The molecule has 7 nitrogen and oxygen atoms in total. The van der Waals surface area contributed by atoms with Gasteiger partial charge in [-0.2, -0.15) is 0 Å². The highest BCUT2D eigenvalue weighted by Gasteiger charge is 2.14. The number of aliphatic imine (C=N–C) groups is 1. The van der Waals surface area contributed by atoms with Gasteiger partial charge in [0.2, 0.25) is 5.91 Å². The summed E-state index contributed by atoms with van der Waals surface area (Å²) in [6, 6.07) is 7.08. The van der Waals surface area contributed by atoms with Crippen molar-refractivity contribution in [3.05, 3.63) is 29.3 Å². The Hall–Kier alpha value is -1.83. The first-order valence-electron chi connectivity index (χ1n) is 10.4. The molecule has 1 aromatic carbocycles. The van der Waals surface area contributed by atoms with Crippen molar-refractivity contribution >= 4 is 29.2 Å². The van der Waals surface area contributed by atoms with E-state index in [0.717, 1.165) is 50.6 Å². The minimum atomic E-state index is -0.0242. The van der Waals surface area contributed by atoms with E-state index in [9.17, 15) is 4.79 Å². The number of carbonyl (C=O) groups excluding carboxylic acids is 1. The minimum absolute atomic E-state index is 0.0242. The van der Waals surface area contributed by atoms with Crippen molar-refractivity contribution in [2.45, 2.75) is 45.1 Å². The number of nitrogens with zero attached hydrogens (tertiary/aromatic N) is 1. The SMILES string of the molecule is CCNC(=NCCCC(=O)Nc1ccc(Cl)cc1)NCCCOCC1CCCO1. The summed E-state index contributed by atoms with van der Waals surface area (Å²) in [7, 11) is 0. The molecule has 8 heteroatoms. The summed E-state index contributed by atoms with van der Waals surface area (Å²) in [6.45, 7) is 6.44. The summed E-state index contributed by atoms with van der Waals surface area (Å²) in [6.07, 6.45) is 4.52. The second-order valence-electron chi connectivity index (χ2n) is 6.91. The predicted molar refractivity (Wildman–Crippen MR) is 118 cm³/mol. The van der Waals surface area contributed by atoms with Gasteiger partial charge in [-0.25, -0.2) is 0 Å². The van der Waals surface area contributed by atoms with E-state index in [1.54, 1.807) is 24.3 Å². The van der Waals surface area contributed by atoms with Gasteiger partial charge in [-0.1, -0.05) is 11.6 Å². The Labute approximate surface area is 178 Å². The zero-order chi connectivity index (χ0) is 20.7. The monoisotopic (exact) mass is 424 g/mol. The number of carbonyl (C=O) groups is 1. The molecule has 1 aliphatic rings. The molecule has 162 valence electrons. The Morgan fingerprint density at radius 3 is 2.83 bits per heavy atom. The number of rotatable bonds is 12. The van der Waals surface area contributed by atoms with E-state index in [-0.39, 0.29) is 12.0 Å². The van der Waals surface area contributed by atoms with Gasteiger partial charge in [0.15, 0.2) is 5.96 Å². The molecular weight excluding hydrogens is 392 g/mol. The Balaban J connectivity index is 1.55. The standard InChI is InChI=1S/C21H33ClN4O3/c1-2-23-21(25-13-5-14-28-16-19-6-4-15-29-19)24-12-3-7-20(27)26-18-10-8-17(22)9-11-18/h8-11,19H,2-7,12-16H2,1H3,(H,26,27)(H2,23,24,25). The van der Waals surface area contributed by atoms with Crippen LogP contribution in [-0.2, 0) is 14.3 Å². The lowest BCUT2D eigenvalue weighted by molar-refractivity contribution is -0.116. The number of hydrogen-bond donors (Lipinski definition) is 3. The number of guanidine groups is 1. The van der Waals surface area contributed by atoms with E-state index in [1.807, 2.05) is 6.92 Å². The minimum Gasteiger partial charge on any atom is -0.379 e. The maximum atomic E-state index is 12.0. The van der Waals surface area contributed by atoms with Gasteiger partial charge in [-0.05, 0) is 56.9 Å². The molecule has 0 saturated carbocycles. The summed E-state index contributed by atoms with van der Waals surface area (Å²) < 4.78 is 11.2. The van der Waals surface area contributed by atoms with Crippen LogP contribution in [0.15, 0.2) is 29.3 Å². The van der Waals surface area contributed by atoms with E-state index in [4.69, 9.17) is 21.1 Å². The second-order valence-corrected chi connectivity index (χ2v) is 7.35. The molecule has 1 aromatic rings. The Kier molecular flexibility index (Phi) is 11.5. The van der Waals surface area contributed by atoms with Crippen molar-refractivity contribution in [1.82, 2.24) is 10.6 Å². The highest BCUT2D eigenvalue weighted by molar-refractivity contribution is 6.30. The Morgan fingerprint density at radius 1 is 1.28 bits per heavy atom. The number of hydrogen-bond acceptors (Lipinski definition) is 4. The maximum absolute atomic E-state index is 12.0. The first-order chi connectivity index (χ1) is 14.2. The summed E-state index contributed by atoms with van der Waals surface area (Å²) >= 11 is 5.84. The Morgan fingerprint density at radius 2 is 2.10 bits per heavy atom. The number of ether oxygens (including phenoxy) is 2. The molecule has 0 aromatic heterocycles. The molecule has 2 rings (SSSR count). The van der Waals surface area contributed by atoms with Crippen molar-refractivity contribution in [2.24, 2.45) is 4.99 Å². The lowest BCUT2D eigenvalue weighted by Crippen LogP contribution is -2.38. The van der Waals surface area contributed by atoms with Crippen molar-refractivity contribution < 1.29 is 14.3 Å². The van der Waals surface area contributed by atoms with Gasteiger partial charge in [-0.15, -0.1) is 0 Å². The molecule has 1 fully saturated rings. The maximum Gasteiger partial charge on any atom is 0.224 e. The molecule has 3 N–H and O–H groups in total. The van der Waals surface area contributed by atoms with E-state index < -0.39 is 0 Å². The van der Waals surface area contributed by atoms with Crippen LogP contribution in [0.1, 0.15) is 39.0 Å². The van der Waals surface area contributed by atoms with E-state index in [2.05, 4.69) is 20.9 Å². The van der Waals surface area contributed by atoms with E-state index in [1.165, 1.54) is 0 Å². The smallest absolute Gasteiger partial charge is 0.224 e. The van der Waals surface area contributed by atoms with Gasteiger partial charge >= 0.3 is 0 Å². The summed E-state index contributed by atoms with van der Waals surface area (Å²) in [5.74, 6) is 0.744. The number of benzene rings is 1. The fraction of sp³-hybridized carbons (Fsp3) is 0.619. The van der Waals surface area contributed by atoms with Gasteiger partial charge in [-0.3, -0.25) is 9.79 Å². The first kappa shape index (κ1) is 23.4. The third-order valence-corrected chi connectivity index (χ3v) is 4.64. The van der Waals surface area contributed by atoms with Crippen LogP contribution in [-0.4, -0.2) is 57.4 Å². The van der Waals surface area contributed by atoms with Crippen LogP contribution < -0.4 is 16.0 Å². The molecule has 1 unspecified atom stereocenters. The molecule has 1 atom stereocenters. The molecule has 0 spiro atoms.